The summed E-state index contributed by atoms with van der Waals surface area (Å²) >= 11 is 0. The van der Waals surface area contributed by atoms with Crippen molar-refractivity contribution in [1.29, 1.82) is 0 Å². The van der Waals surface area contributed by atoms with Crippen LogP contribution in [-0.2, 0) is 4.79 Å². The standard InChI is InChI=1S/C17H33N3O.2ClH/c1-3-20-12-8-14(9-13-20)7-11-19-16(21)15-6-4-5-10-17(15,2)18;;/h14-15H,3-13,18H2,1-2H3,(H,19,21);2*1H. The van der Waals surface area contributed by atoms with Crippen LogP contribution >= 0.6 is 24.8 Å². The van der Waals surface area contributed by atoms with Gasteiger partial charge in [0.15, 0.2) is 0 Å². The van der Waals surface area contributed by atoms with Crippen molar-refractivity contribution in [3.63, 3.8) is 0 Å². The molecule has 4 nitrogen and oxygen atoms in total. The molecule has 2 unspecified atom stereocenters. The molecule has 3 N–H and O–H groups in total. The monoisotopic (exact) mass is 367 g/mol. The van der Waals surface area contributed by atoms with Crippen molar-refractivity contribution >= 4 is 30.7 Å². The quantitative estimate of drug-likeness (QED) is 0.784. The maximum absolute atomic E-state index is 12.4. The van der Waals surface area contributed by atoms with E-state index in [1.54, 1.807) is 0 Å². The van der Waals surface area contributed by atoms with Crippen LogP contribution in [0.25, 0.3) is 0 Å². The fraction of sp³-hybridized carbons (Fsp3) is 0.941. The van der Waals surface area contributed by atoms with E-state index in [9.17, 15) is 4.79 Å². The van der Waals surface area contributed by atoms with Crippen LogP contribution in [-0.4, -0.2) is 42.5 Å². The van der Waals surface area contributed by atoms with Gasteiger partial charge < -0.3 is 16.0 Å². The number of hydrogen-bond acceptors (Lipinski definition) is 3. The predicted molar refractivity (Wildman–Crippen MR) is 102 cm³/mol. The fourth-order valence-corrected chi connectivity index (χ4v) is 3.90. The van der Waals surface area contributed by atoms with E-state index >= 15 is 0 Å². The molecule has 1 heterocycles. The number of rotatable bonds is 5. The molecule has 0 aromatic rings. The molecule has 0 bridgehead atoms. The largest absolute Gasteiger partial charge is 0.356 e. The second-order valence-corrected chi connectivity index (χ2v) is 7.26. The molecule has 6 heteroatoms. The highest BCUT2D eigenvalue weighted by molar-refractivity contribution is 5.85. The molecule has 23 heavy (non-hydrogen) atoms. The maximum Gasteiger partial charge on any atom is 0.224 e. The van der Waals surface area contributed by atoms with E-state index in [2.05, 4.69) is 17.1 Å². The lowest BCUT2D eigenvalue weighted by atomic mass is 9.74. The van der Waals surface area contributed by atoms with Crippen LogP contribution in [0.15, 0.2) is 0 Å². The van der Waals surface area contributed by atoms with Crippen molar-refractivity contribution in [3.05, 3.63) is 0 Å². The molecule has 1 aliphatic heterocycles. The van der Waals surface area contributed by atoms with Gasteiger partial charge in [-0.15, -0.1) is 24.8 Å². The maximum atomic E-state index is 12.4. The van der Waals surface area contributed by atoms with Gasteiger partial charge in [0.25, 0.3) is 0 Å². The van der Waals surface area contributed by atoms with E-state index in [-0.39, 0.29) is 42.2 Å². The number of carbonyl (C=O) groups excluding carboxylic acids is 1. The Morgan fingerprint density at radius 3 is 2.43 bits per heavy atom. The van der Waals surface area contributed by atoms with Gasteiger partial charge in [0, 0.05) is 12.1 Å². The minimum Gasteiger partial charge on any atom is -0.356 e. The number of carbonyl (C=O) groups is 1. The number of nitrogens with zero attached hydrogens (tertiary/aromatic N) is 1. The molecule has 2 rings (SSSR count). The molecule has 2 aliphatic rings. The number of piperidine rings is 1. The summed E-state index contributed by atoms with van der Waals surface area (Å²) in [5, 5.41) is 3.15. The first kappa shape index (κ1) is 23.0. The normalized spacial score (nSPS) is 29.3. The third kappa shape index (κ3) is 6.77. The van der Waals surface area contributed by atoms with Gasteiger partial charge in [-0.1, -0.05) is 19.8 Å². The third-order valence-corrected chi connectivity index (χ3v) is 5.58. The van der Waals surface area contributed by atoms with Gasteiger partial charge in [-0.3, -0.25) is 4.79 Å². The SMILES string of the molecule is CCN1CCC(CCNC(=O)C2CCCCC2(C)N)CC1.Cl.Cl. The summed E-state index contributed by atoms with van der Waals surface area (Å²) in [6.07, 6.45) is 7.90. The van der Waals surface area contributed by atoms with E-state index in [1.807, 2.05) is 6.92 Å². The van der Waals surface area contributed by atoms with Gasteiger partial charge >= 0.3 is 0 Å². The molecule has 0 radical (unpaired) electrons. The van der Waals surface area contributed by atoms with E-state index in [4.69, 9.17) is 5.73 Å². The van der Waals surface area contributed by atoms with Crippen LogP contribution in [0.4, 0.5) is 0 Å². The summed E-state index contributed by atoms with van der Waals surface area (Å²) in [7, 11) is 0. The first-order valence-corrected chi connectivity index (χ1v) is 8.82. The van der Waals surface area contributed by atoms with Gasteiger partial charge in [-0.25, -0.2) is 0 Å². The Labute approximate surface area is 154 Å². The van der Waals surface area contributed by atoms with E-state index in [0.29, 0.717) is 0 Å². The van der Waals surface area contributed by atoms with Crippen molar-refractivity contribution in [1.82, 2.24) is 10.2 Å². The Balaban J connectivity index is 0.00000242. The fourth-order valence-electron chi connectivity index (χ4n) is 3.90. The van der Waals surface area contributed by atoms with E-state index in [1.165, 1.54) is 32.5 Å². The number of hydrogen-bond donors (Lipinski definition) is 2. The van der Waals surface area contributed by atoms with Gasteiger partial charge in [0.05, 0.1) is 5.92 Å². The molecule has 0 aromatic carbocycles. The first-order chi connectivity index (χ1) is 10.0. The van der Waals surface area contributed by atoms with Crippen LogP contribution in [0.3, 0.4) is 0 Å². The summed E-state index contributed by atoms with van der Waals surface area (Å²) in [5.74, 6) is 0.975. The predicted octanol–water partition coefficient (Wildman–Crippen LogP) is 2.98. The van der Waals surface area contributed by atoms with Crippen LogP contribution in [0, 0.1) is 11.8 Å². The minimum atomic E-state index is -0.311. The van der Waals surface area contributed by atoms with Crippen molar-refractivity contribution < 1.29 is 4.79 Å². The van der Waals surface area contributed by atoms with Gasteiger partial charge in [-0.2, -0.15) is 0 Å². The van der Waals surface area contributed by atoms with Crippen molar-refractivity contribution in [2.75, 3.05) is 26.2 Å². The Kier molecular flexibility index (Phi) is 10.7. The van der Waals surface area contributed by atoms with Gasteiger partial charge in [0.2, 0.25) is 5.91 Å². The zero-order valence-corrected chi connectivity index (χ0v) is 16.3. The summed E-state index contributed by atoms with van der Waals surface area (Å²) in [4.78, 5) is 14.9. The van der Waals surface area contributed by atoms with E-state index in [0.717, 1.165) is 44.6 Å². The second kappa shape index (κ2) is 10.8. The zero-order chi connectivity index (χ0) is 15.3. The highest BCUT2D eigenvalue weighted by atomic mass is 35.5. The average Bonchev–Trinajstić information content (AvgIpc) is 2.47. The van der Waals surface area contributed by atoms with Gasteiger partial charge in [0.1, 0.15) is 0 Å². The third-order valence-electron chi connectivity index (χ3n) is 5.58. The molecule has 1 aliphatic carbocycles. The molecule has 2 atom stereocenters. The molecule has 1 amide bonds. The lowest BCUT2D eigenvalue weighted by Gasteiger charge is -2.37. The molecule has 138 valence electrons. The van der Waals surface area contributed by atoms with Crippen LogP contribution in [0.2, 0.25) is 0 Å². The Hall–Kier alpha value is -0.0300. The number of nitrogens with one attached hydrogen (secondary N) is 1. The highest BCUT2D eigenvalue weighted by Crippen LogP contribution is 2.31. The average molecular weight is 368 g/mol. The van der Waals surface area contributed by atoms with Crippen molar-refractivity contribution in [3.8, 4) is 0 Å². The summed E-state index contributed by atoms with van der Waals surface area (Å²) in [6, 6.07) is 0. The summed E-state index contributed by atoms with van der Waals surface area (Å²) in [5.41, 5.74) is 5.99. The Morgan fingerprint density at radius 1 is 1.22 bits per heavy atom. The van der Waals surface area contributed by atoms with Gasteiger partial charge in [-0.05, 0) is 64.6 Å². The number of nitrogens with two attached hydrogens (primary N) is 1. The summed E-state index contributed by atoms with van der Waals surface area (Å²) < 4.78 is 0. The number of amides is 1. The van der Waals surface area contributed by atoms with Crippen LogP contribution in [0.5, 0.6) is 0 Å². The Bertz CT molecular complexity index is 345. The highest BCUT2D eigenvalue weighted by Gasteiger charge is 2.37. The first-order valence-electron chi connectivity index (χ1n) is 8.82. The molecular formula is C17H35Cl2N3O. The minimum absolute atomic E-state index is 0. The Morgan fingerprint density at radius 2 is 1.87 bits per heavy atom. The molecule has 1 saturated carbocycles. The molecular weight excluding hydrogens is 333 g/mol. The topological polar surface area (TPSA) is 58.4 Å². The lowest BCUT2D eigenvalue weighted by Crippen LogP contribution is -2.53. The molecule has 0 spiro atoms. The molecule has 0 aromatic heterocycles. The van der Waals surface area contributed by atoms with Crippen molar-refractivity contribution in [2.24, 2.45) is 17.6 Å². The van der Waals surface area contributed by atoms with Crippen molar-refractivity contribution in [2.45, 2.75) is 64.3 Å². The molecule has 1 saturated heterocycles. The zero-order valence-electron chi connectivity index (χ0n) is 14.7. The summed E-state index contributed by atoms with van der Waals surface area (Å²) in [6.45, 7) is 8.70. The smallest absolute Gasteiger partial charge is 0.224 e. The second-order valence-electron chi connectivity index (χ2n) is 7.26. The van der Waals surface area contributed by atoms with Crippen LogP contribution in [0.1, 0.15) is 58.8 Å². The van der Waals surface area contributed by atoms with Crippen LogP contribution < -0.4 is 11.1 Å². The molecule has 2 fully saturated rings. The number of halogens is 2. The van der Waals surface area contributed by atoms with E-state index < -0.39 is 0 Å². The number of likely N-dealkylation sites (tertiary alicyclic amines) is 1. The lowest BCUT2D eigenvalue weighted by molar-refractivity contribution is -0.128.